The van der Waals surface area contributed by atoms with Gasteiger partial charge in [0.1, 0.15) is 11.9 Å². The van der Waals surface area contributed by atoms with Gasteiger partial charge in [0, 0.05) is 37.6 Å². The first-order valence-corrected chi connectivity index (χ1v) is 16.7. The van der Waals surface area contributed by atoms with Crippen LogP contribution in [0.1, 0.15) is 47.6 Å². The van der Waals surface area contributed by atoms with Gasteiger partial charge in [-0.1, -0.05) is 84.4 Å². The van der Waals surface area contributed by atoms with Gasteiger partial charge in [0.05, 0.1) is 4.90 Å². The molecule has 1 aliphatic rings. The molecule has 0 spiro atoms. The number of hydrogen-bond acceptors (Lipinski definition) is 4. The van der Waals surface area contributed by atoms with Crippen LogP contribution < -0.4 is 5.32 Å². The van der Waals surface area contributed by atoms with E-state index >= 15 is 0 Å². The van der Waals surface area contributed by atoms with Crippen LogP contribution in [0.25, 0.3) is 0 Å². The minimum atomic E-state index is -3.54. The Hall–Kier alpha value is -4.05. The number of nitrogens with zero attached hydrogens (tertiary/aromatic N) is 2. The fraction of sp³-hybridized carbons (Fsp3) is 0.257. The first-order chi connectivity index (χ1) is 21.7. The smallest absolute Gasteiger partial charge is 0.247 e. The van der Waals surface area contributed by atoms with E-state index in [0.717, 1.165) is 24.0 Å². The minimum absolute atomic E-state index is 0.0700. The molecule has 0 saturated carbocycles. The molecular formula is C35H35ClFN3O4S. The Morgan fingerprint density at radius 1 is 0.844 bits per heavy atom. The largest absolute Gasteiger partial charge is 0.350 e. The van der Waals surface area contributed by atoms with Crippen molar-refractivity contribution in [2.45, 2.75) is 49.7 Å². The third-order valence-electron chi connectivity index (χ3n) is 7.93. The molecule has 0 aliphatic carbocycles. The van der Waals surface area contributed by atoms with Crippen molar-refractivity contribution in [3.05, 3.63) is 136 Å². The number of amides is 2. The molecule has 234 valence electrons. The van der Waals surface area contributed by atoms with Crippen molar-refractivity contribution in [3.63, 3.8) is 0 Å². The number of carbonyl (C=O) groups is 2. The van der Waals surface area contributed by atoms with Crippen LogP contribution in [0.2, 0.25) is 5.02 Å². The van der Waals surface area contributed by atoms with E-state index in [4.69, 9.17) is 11.6 Å². The van der Waals surface area contributed by atoms with Gasteiger partial charge in [-0.05, 0) is 71.8 Å². The quantitative estimate of drug-likeness (QED) is 0.196. The highest BCUT2D eigenvalue weighted by molar-refractivity contribution is 7.89. The monoisotopic (exact) mass is 647 g/mol. The predicted octanol–water partition coefficient (Wildman–Crippen LogP) is 6.28. The number of nitrogens with one attached hydrogen (secondary N) is 1. The SMILES string of the molecule is O=C(NCc1ccccc1Cl)[C@H](c1ccccc1)N(Cc1ccc(F)cc1)C(=O)CCc1ccc(S(=O)(=O)N2CCCC2)cc1. The molecule has 0 bridgehead atoms. The molecule has 4 aromatic rings. The Bertz CT molecular complexity index is 1710. The number of halogens is 2. The van der Waals surface area contributed by atoms with Crippen LogP contribution in [0.3, 0.4) is 0 Å². The van der Waals surface area contributed by atoms with E-state index < -0.39 is 21.9 Å². The first-order valence-electron chi connectivity index (χ1n) is 14.9. The maximum atomic E-state index is 14.0. The van der Waals surface area contributed by atoms with E-state index in [2.05, 4.69) is 5.32 Å². The van der Waals surface area contributed by atoms with Gasteiger partial charge in [0.15, 0.2) is 0 Å². The molecule has 1 heterocycles. The van der Waals surface area contributed by atoms with E-state index in [1.807, 2.05) is 36.4 Å². The van der Waals surface area contributed by atoms with E-state index in [0.29, 0.717) is 35.7 Å². The second kappa shape index (κ2) is 14.8. The molecule has 1 N–H and O–H groups in total. The molecule has 0 unspecified atom stereocenters. The van der Waals surface area contributed by atoms with Gasteiger partial charge in [-0.25, -0.2) is 12.8 Å². The number of carbonyl (C=O) groups excluding carboxylic acids is 2. The number of aryl methyl sites for hydroxylation is 1. The van der Waals surface area contributed by atoms with Crippen molar-refractivity contribution in [2.75, 3.05) is 13.1 Å². The number of rotatable bonds is 12. The molecule has 0 aromatic heterocycles. The number of benzene rings is 4. The van der Waals surface area contributed by atoms with Crippen LogP contribution in [0.15, 0.2) is 108 Å². The molecule has 2 amide bonds. The van der Waals surface area contributed by atoms with Gasteiger partial charge < -0.3 is 10.2 Å². The highest BCUT2D eigenvalue weighted by Gasteiger charge is 2.32. The normalized spacial score (nSPS) is 14.2. The Labute approximate surface area is 268 Å². The molecule has 10 heteroatoms. The minimum Gasteiger partial charge on any atom is -0.350 e. The highest BCUT2D eigenvalue weighted by atomic mass is 35.5. The Morgan fingerprint density at radius 3 is 2.13 bits per heavy atom. The third kappa shape index (κ3) is 8.16. The molecule has 4 aromatic carbocycles. The lowest BCUT2D eigenvalue weighted by atomic mass is 10.0. The van der Waals surface area contributed by atoms with Crippen molar-refractivity contribution >= 4 is 33.4 Å². The lowest BCUT2D eigenvalue weighted by molar-refractivity contribution is -0.141. The van der Waals surface area contributed by atoms with Gasteiger partial charge in [-0.3, -0.25) is 9.59 Å². The Morgan fingerprint density at radius 2 is 1.47 bits per heavy atom. The Kier molecular flexibility index (Phi) is 10.7. The second-order valence-electron chi connectivity index (χ2n) is 11.0. The topological polar surface area (TPSA) is 86.8 Å². The molecule has 5 rings (SSSR count). The van der Waals surface area contributed by atoms with Crippen molar-refractivity contribution < 1.29 is 22.4 Å². The summed E-state index contributed by atoms with van der Waals surface area (Å²) in [6, 6.07) is 27.7. The summed E-state index contributed by atoms with van der Waals surface area (Å²) in [5, 5.41) is 3.47. The van der Waals surface area contributed by atoms with E-state index in [1.54, 1.807) is 54.6 Å². The van der Waals surface area contributed by atoms with Crippen LogP contribution in [0, 0.1) is 5.82 Å². The maximum Gasteiger partial charge on any atom is 0.247 e. The van der Waals surface area contributed by atoms with Crippen LogP contribution in [-0.2, 0) is 39.1 Å². The van der Waals surface area contributed by atoms with Crippen molar-refractivity contribution in [1.82, 2.24) is 14.5 Å². The lowest BCUT2D eigenvalue weighted by Crippen LogP contribution is -2.43. The second-order valence-corrected chi connectivity index (χ2v) is 13.4. The average Bonchev–Trinajstić information content (AvgIpc) is 3.61. The van der Waals surface area contributed by atoms with Gasteiger partial charge in [-0.15, -0.1) is 0 Å². The first kappa shape index (κ1) is 32.3. The molecule has 1 fully saturated rings. The fourth-order valence-corrected chi connectivity index (χ4v) is 7.16. The predicted molar refractivity (Wildman–Crippen MR) is 172 cm³/mol. The highest BCUT2D eigenvalue weighted by Crippen LogP contribution is 2.27. The number of hydrogen-bond donors (Lipinski definition) is 1. The van der Waals surface area contributed by atoms with Gasteiger partial charge in [0.2, 0.25) is 21.8 Å². The maximum absolute atomic E-state index is 14.0. The van der Waals surface area contributed by atoms with Crippen LogP contribution >= 0.6 is 11.6 Å². The van der Waals surface area contributed by atoms with Crippen molar-refractivity contribution in [1.29, 1.82) is 0 Å². The molecule has 1 saturated heterocycles. The van der Waals surface area contributed by atoms with E-state index in [-0.39, 0.29) is 36.2 Å². The zero-order chi connectivity index (χ0) is 31.8. The summed E-state index contributed by atoms with van der Waals surface area (Å²) in [4.78, 5) is 29.6. The van der Waals surface area contributed by atoms with Crippen molar-refractivity contribution in [2.24, 2.45) is 0 Å². The summed E-state index contributed by atoms with van der Waals surface area (Å²) in [7, 11) is -3.54. The van der Waals surface area contributed by atoms with Gasteiger partial charge in [-0.2, -0.15) is 4.31 Å². The fourth-order valence-electron chi connectivity index (χ4n) is 5.44. The number of sulfonamides is 1. The van der Waals surface area contributed by atoms with Gasteiger partial charge in [0.25, 0.3) is 0 Å². The molecule has 0 radical (unpaired) electrons. The zero-order valence-corrected chi connectivity index (χ0v) is 26.3. The van der Waals surface area contributed by atoms with Crippen LogP contribution in [-0.4, -0.2) is 42.5 Å². The summed E-state index contributed by atoms with van der Waals surface area (Å²) in [5.41, 5.74) is 2.83. The molecular weight excluding hydrogens is 613 g/mol. The molecule has 1 atom stereocenters. The standard InChI is InChI=1S/C35H35ClFN3O4S/c36-32-11-5-4-10-29(32)24-38-35(42)34(28-8-2-1-3-9-28)40(25-27-12-17-30(37)18-13-27)33(41)21-16-26-14-19-31(20-15-26)45(43,44)39-22-6-7-23-39/h1-5,8-15,17-20,34H,6-7,16,21-25H2,(H,38,42)/t34-/m0/s1. The van der Waals surface area contributed by atoms with Crippen LogP contribution in [0.4, 0.5) is 4.39 Å². The van der Waals surface area contributed by atoms with E-state index in [9.17, 15) is 22.4 Å². The lowest BCUT2D eigenvalue weighted by Gasteiger charge is -2.32. The zero-order valence-electron chi connectivity index (χ0n) is 24.7. The Balaban J connectivity index is 1.38. The average molecular weight is 648 g/mol. The molecule has 1 aliphatic heterocycles. The van der Waals surface area contributed by atoms with Gasteiger partial charge >= 0.3 is 0 Å². The molecule has 45 heavy (non-hydrogen) atoms. The molecule has 7 nitrogen and oxygen atoms in total. The summed E-state index contributed by atoms with van der Waals surface area (Å²) in [5.74, 6) is -1.06. The summed E-state index contributed by atoms with van der Waals surface area (Å²) >= 11 is 6.32. The summed E-state index contributed by atoms with van der Waals surface area (Å²) in [6.07, 6.45) is 2.12. The summed E-state index contributed by atoms with van der Waals surface area (Å²) in [6.45, 7) is 1.30. The van der Waals surface area contributed by atoms with E-state index in [1.165, 1.54) is 21.3 Å². The third-order valence-corrected chi connectivity index (χ3v) is 10.2. The van der Waals surface area contributed by atoms with Crippen molar-refractivity contribution in [3.8, 4) is 0 Å². The van der Waals surface area contributed by atoms with Crippen LogP contribution in [0.5, 0.6) is 0 Å². The summed E-state index contributed by atoms with van der Waals surface area (Å²) < 4.78 is 41.1.